The summed E-state index contributed by atoms with van der Waals surface area (Å²) >= 11 is 6.27. The van der Waals surface area contributed by atoms with Gasteiger partial charge in [-0.25, -0.2) is 0 Å². The van der Waals surface area contributed by atoms with Crippen molar-refractivity contribution in [1.29, 1.82) is 0 Å². The molecule has 2 nitrogen and oxygen atoms in total. The Kier molecular flexibility index (Phi) is 3.63. The lowest BCUT2D eigenvalue weighted by Crippen LogP contribution is -2.15. The van der Waals surface area contributed by atoms with E-state index in [-0.39, 0.29) is 6.10 Å². The first-order valence-electron chi connectivity index (χ1n) is 6.83. The first kappa shape index (κ1) is 12.8. The summed E-state index contributed by atoms with van der Waals surface area (Å²) in [6.07, 6.45) is 7.48. The van der Waals surface area contributed by atoms with Gasteiger partial charge in [0.05, 0.1) is 23.3 Å². The first-order valence-corrected chi connectivity index (χ1v) is 7.20. The van der Waals surface area contributed by atoms with Crippen LogP contribution in [0.2, 0.25) is 5.02 Å². The van der Waals surface area contributed by atoms with Gasteiger partial charge in [-0.2, -0.15) is 0 Å². The van der Waals surface area contributed by atoms with Gasteiger partial charge in [-0.15, -0.1) is 0 Å². The number of nitrogens with one attached hydrogen (secondary N) is 1. The molecule has 19 heavy (non-hydrogen) atoms. The van der Waals surface area contributed by atoms with Crippen LogP contribution in [0.3, 0.4) is 0 Å². The van der Waals surface area contributed by atoms with Crippen molar-refractivity contribution in [3.8, 4) is 0 Å². The molecule has 1 aromatic heterocycles. The third-order valence-corrected chi connectivity index (χ3v) is 4.06. The standard InChI is InChI=1S/C16H18ClNO/c1-2-3-4-8-14-16-12(9-10-19-14)11-6-5-7-13(17)15(11)18-16/h2-3,5-7,14,18H,4,8-10H2,1H3/b3-2+. The van der Waals surface area contributed by atoms with Crippen molar-refractivity contribution in [2.45, 2.75) is 32.3 Å². The monoisotopic (exact) mass is 275 g/mol. The highest BCUT2D eigenvalue weighted by Crippen LogP contribution is 2.37. The number of benzene rings is 1. The highest BCUT2D eigenvalue weighted by Gasteiger charge is 2.24. The Bertz CT molecular complexity index is 614. The molecule has 0 saturated heterocycles. The lowest BCUT2D eigenvalue weighted by molar-refractivity contribution is 0.0350. The van der Waals surface area contributed by atoms with Crippen LogP contribution in [0.4, 0.5) is 0 Å². The Balaban J connectivity index is 2.00. The summed E-state index contributed by atoms with van der Waals surface area (Å²) in [7, 11) is 0. The molecule has 2 aromatic rings. The SMILES string of the molecule is C/C=C/CCC1OCCc2c1[nH]c1c(Cl)cccc21. The Hall–Kier alpha value is -1.25. The van der Waals surface area contributed by atoms with Crippen LogP contribution >= 0.6 is 11.6 Å². The molecule has 0 aliphatic carbocycles. The average Bonchev–Trinajstić information content (AvgIpc) is 2.80. The Morgan fingerprint density at radius 1 is 1.47 bits per heavy atom. The fourth-order valence-corrected chi connectivity index (χ4v) is 3.05. The second kappa shape index (κ2) is 5.40. The molecule has 0 bridgehead atoms. The van der Waals surface area contributed by atoms with Crippen LogP contribution in [-0.2, 0) is 11.2 Å². The van der Waals surface area contributed by atoms with E-state index in [1.807, 2.05) is 12.1 Å². The maximum Gasteiger partial charge on any atom is 0.0978 e. The number of para-hydroxylation sites is 1. The van der Waals surface area contributed by atoms with Crippen LogP contribution < -0.4 is 0 Å². The van der Waals surface area contributed by atoms with E-state index in [2.05, 4.69) is 30.1 Å². The van der Waals surface area contributed by atoms with Gasteiger partial charge in [0.1, 0.15) is 0 Å². The number of ether oxygens (including phenoxy) is 1. The topological polar surface area (TPSA) is 25.0 Å². The molecule has 0 amide bonds. The smallest absolute Gasteiger partial charge is 0.0978 e. The molecule has 100 valence electrons. The number of allylic oxidation sites excluding steroid dienone is 2. The summed E-state index contributed by atoms with van der Waals surface area (Å²) in [5.41, 5.74) is 3.66. The zero-order valence-electron chi connectivity index (χ0n) is 11.1. The van der Waals surface area contributed by atoms with Crippen molar-refractivity contribution in [1.82, 2.24) is 4.98 Å². The fourth-order valence-electron chi connectivity index (χ4n) is 2.83. The van der Waals surface area contributed by atoms with Crippen LogP contribution in [0.1, 0.15) is 37.1 Å². The van der Waals surface area contributed by atoms with Gasteiger partial charge >= 0.3 is 0 Å². The maximum atomic E-state index is 6.27. The number of aromatic amines is 1. The normalized spacial score (nSPS) is 19.2. The Labute approximate surface area is 118 Å². The summed E-state index contributed by atoms with van der Waals surface area (Å²) < 4.78 is 5.91. The van der Waals surface area contributed by atoms with E-state index in [0.29, 0.717) is 0 Å². The van der Waals surface area contributed by atoms with E-state index in [4.69, 9.17) is 16.3 Å². The van der Waals surface area contributed by atoms with Gasteiger partial charge in [0.2, 0.25) is 0 Å². The van der Waals surface area contributed by atoms with E-state index in [1.165, 1.54) is 16.6 Å². The maximum absolute atomic E-state index is 6.27. The number of rotatable bonds is 3. The molecule has 2 heterocycles. The number of halogens is 1. The zero-order valence-corrected chi connectivity index (χ0v) is 11.8. The fraction of sp³-hybridized carbons (Fsp3) is 0.375. The largest absolute Gasteiger partial charge is 0.372 e. The molecular formula is C16H18ClNO. The van der Waals surface area contributed by atoms with Gasteiger partial charge in [-0.1, -0.05) is 35.9 Å². The second-order valence-electron chi connectivity index (χ2n) is 4.94. The van der Waals surface area contributed by atoms with E-state index in [1.54, 1.807) is 0 Å². The van der Waals surface area contributed by atoms with Crippen LogP contribution in [0.15, 0.2) is 30.4 Å². The van der Waals surface area contributed by atoms with Crippen LogP contribution in [0.25, 0.3) is 10.9 Å². The molecular weight excluding hydrogens is 258 g/mol. The molecule has 1 N–H and O–H groups in total. The summed E-state index contributed by atoms with van der Waals surface area (Å²) in [5, 5.41) is 2.04. The van der Waals surface area contributed by atoms with Gasteiger partial charge < -0.3 is 9.72 Å². The van der Waals surface area contributed by atoms with Crippen LogP contribution in [0.5, 0.6) is 0 Å². The number of H-pyrrole nitrogens is 1. The molecule has 1 aliphatic heterocycles. The first-order chi connectivity index (χ1) is 9.31. The van der Waals surface area contributed by atoms with Gasteiger partial charge in [-0.05, 0) is 37.8 Å². The minimum Gasteiger partial charge on any atom is -0.372 e. The third-order valence-electron chi connectivity index (χ3n) is 3.75. The zero-order chi connectivity index (χ0) is 13.2. The lowest BCUT2D eigenvalue weighted by Gasteiger charge is -2.23. The van der Waals surface area contributed by atoms with Crippen molar-refractivity contribution in [2.75, 3.05) is 6.61 Å². The van der Waals surface area contributed by atoms with Crippen molar-refractivity contribution < 1.29 is 4.74 Å². The van der Waals surface area contributed by atoms with E-state index in [9.17, 15) is 0 Å². The van der Waals surface area contributed by atoms with E-state index >= 15 is 0 Å². The Morgan fingerprint density at radius 3 is 3.21 bits per heavy atom. The Morgan fingerprint density at radius 2 is 2.37 bits per heavy atom. The predicted molar refractivity (Wildman–Crippen MR) is 79.8 cm³/mol. The quantitative estimate of drug-likeness (QED) is 0.801. The average molecular weight is 276 g/mol. The summed E-state index contributed by atoms with van der Waals surface area (Å²) in [4.78, 5) is 3.48. The van der Waals surface area contributed by atoms with E-state index in [0.717, 1.165) is 36.4 Å². The van der Waals surface area contributed by atoms with Crippen molar-refractivity contribution >= 4 is 22.5 Å². The molecule has 3 rings (SSSR count). The number of aromatic nitrogens is 1. The van der Waals surface area contributed by atoms with Gasteiger partial charge in [0.25, 0.3) is 0 Å². The molecule has 1 aliphatic rings. The van der Waals surface area contributed by atoms with Gasteiger partial charge in [0.15, 0.2) is 0 Å². The van der Waals surface area contributed by atoms with Crippen LogP contribution in [0, 0.1) is 0 Å². The number of hydrogen-bond donors (Lipinski definition) is 1. The van der Waals surface area contributed by atoms with Crippen molar-refractivity contribution in [3.05, 3.63) is 46.6 Å². The number of hydrogen-bond acceptors (Lipinski definition) is 1. The minimum absolute atomic E-state index is 0.170. The highest BCUT2D eigenvalue weighted by molar-refractivity contribution is 6.35. The minimum atomic E-state index is 0.170. The summed E-state index contributed by atoms with van der Waals surface area (Å²) in [5.74, 6) is 0. The molecule has 1 unspecified atom stereocenters. The van der Waals surface area contributed by atoms with E-state index < -0.39 is 0 Å². The molecule has 1 aromatic carbocycles. The third kappa shape index (κ3) is 2.31. The van der Waals surface area contributed by atoms with Gasteiger partial charge in [0, 0.05) is 11.1 Å². The highest BCUT2D eigenvalue weighted by atomic mass is 35.5. The molecule has 1 atom stereocenters. The second-order valence-corrected chi connectivity index (χ2v) is 5.34. The number of fused-ring (bicyclic) bond motifs is 3. The van der Waals surface area contributed by atoms with Crippen molar-refractivity contribution in [3.63, 3.8) is 0 Å². The summed E-state index contributed by atoms with van der Waals surface area (Å²) in [6.45, 7) is 2.85. The molecule has 0 radical (unpaired) electrons. The molecule has 0 fully saturated rings. The molecule has 0 saturated carbocycles. The van der Waals surface area contributed by atoms with Crippen LogP contribution in [-0.4, -0.2) is 11.6 Å². The molecule has 0 spiro atoms. The molecule has 3 heteroatoms. The predicted octanol–water partition coefficient (Wildman–Crippen LogP) is 4.79. The lowest BCUT2D eigenvalue weighted by atomic mass is 10.00. The van der Waals surface area contributed by atoms with Gasteiger partial charge in [-0.3, -0.25) is 0 Å². The summed E-state index contributed by atoms with van der Waals surface area (Å²) in [6, 6.07) is 6.09. The van der Waals surface area contributed by atoms with Crippen molar-refractivity contribution in [2.24, 2.45) is 0 Å².